The summed E-state index contributed by atoms with van der Waals surface area (Å²) in [6.45, 7) is 0. The fourth-order valence-electron chi connectivity index (χ4n) is 4.94. The molecule has 6 aromatic rings. The molecule has 182 valence electrons. The Bertz CT molecular complexity index is 1680. The van der Waals surface area contributed by atoms with Crippen molar-refractivity contribution in [2.24, 2.45) is 0 Å². The number of benzene rings is 6. The van der Waals surface area contributed by atoms with Gasteiger partial charge in [-0.3, -0.25) is 0 Å². The van der Waals surface area contributed by atoms with E-state index >= 15 is 0 Å². The second kappa shape index (κ2) is 10.3. The molecule has 0 nitrogen and oxygen atoms in total. The SMILES string of the molecule is Cl[Si](C#C[Si](Cl)(c1ccccc1)c1ccc2ccccc2c1)(c1ccccc1)c1ccc2ccccc2c1. The smallest absolute Gasteiger partial charge is 0.138 e. The van der Waals surface area contributed by atoms with Crippen molar-refractivity contribution in [2.75, 3.05) is 0 Å². The molecule has 0 aliphatic carbocycles. The van der Waals surface area contributed by atoms with Crippen molar-refractivity contribution in [2.45, 2.75) is 0 Å². The van der Waals surface area contributed by atoms with Crippen molar-refractivity contribution in [3.05, 3.63) is 146 Å². The van der Waals surface area contributed by atoms with Gasteiger partial charge in [-0.05, 0) is 42.3 Å². The summed E-state index contributed by atoms with van der Waals surface area (Å²) in [6.07, 6.45) is 0. The second-order valence-corrected chi connectivity index (χ2v) is 18.3. The monoisotopic (exact) mass is 558 g/mol. The van der Waals surface area contributed by atoms with Crippen LogP contribution in [-0.4, -0.2) is 14.8 Å². The summed E-state index contributed by atoms with van der Waals surface area (Å²) in [5.74, 6) is 0. The van der Waals surface area contributed by atoms with Gasteiger partial charge in [0, 0.05) is 0 Å². The zero-order valence-electron chi connectivity index (χ0n) is 20.6. The van der Waals surface area contributed by atoms with Crippen LogP contribution in [-0.2, 0) is 0 Å². The van der Waals surface area contributed by atoms with Crippen LogP contribution in [0.25, 0.3) is 21.5 Å². The molecule has 4 heteroatoms. The van der Waals surface area contributed by atoms with E-state index in [-0.39, 0.29) is 0 Å². The van der Waals surface area contributed by atoms with E-state index in [0.29, 0.717) is 0 Å². The molecule has 0 aliphatic heterocycles. The standard InChI is InChI=1S/C34H24Cl2Si2/c35-37(31-15-3-1-4-16-31,33-21-19-27-11-7-9-13-29(27)25-33)23-24-38(36,32-17-5-2-6-18-32)34-22-20-28-12-8-10-14-30(28)26-34/h1-22,25-26H. The number of halogens is 2. The van der Waals surface area contributed by atoms with Crippen LogP contribution < -0.4 is 20.7 Å². The van der Waals surface area contributed by atoms with Crippen LogP contribution in [0.15, 0.2) is 146 Å². The Labute approximate surface area is 234 Å². The van der Waals surface area contributed by atoms with Crippen molar-refractivity contribution < 1.29 is 0 Å². The van der Waals surface area contributed by atoms with E-state index in [4.69, 9.17) is 22.2 Å². The van der Waals surface area contributed by atoms with Gasteiger partial charge in [-0.15, -0.1) is 33.2 Å². The van der Waals surface area contributed by atoms with E-state index < -0.39 is 14.8 Å². The van der Waals surface area contributed by atoms with Gasteiger partial charge in [-0.2, -0.15) is 0 Å². The maximum Gasteiger partial charge on any atom is 0.292 e. The molecule has 0 saturated heterocycles. The molecule has 38 heavy (non-hydrogen) atoms. The topological polar surface area (TPSA) is 0 Å². The highest BCUT2D eigenvalue weighted by molar-refractivity contribution is 7.41. The Kier molecular flexibility index (Phi) is 6.70. The predicted octanol–water partition coefficient (Wildman–Crippen LogP) is 6.37. The number of fused-ring (bicyclic) bond motifs is 2. The first kappa shape index (κ1) is 24.7. The summed E-state index contributed by atoms with van der Waals surface area (Å²) >= 11 is 15.4. The minimum atomic E-state index is -2.99. The molecule has 0 fully saturated rings. The summed E-state index contributed by atoms with van der Waals surface area (Å²) in [5, 5.41) is 8.94. The summed E-state index contributed by atoms with van der Waals surface area (Å²) < 4.78 is 0. The van der Waals surface area contributed by atoms with E-state index in [0.717, 1.165) is 31.5 Å². The quantitative estimate of drug-likeness (QED) is 0.134. The minimum Gasteiger partial charge on any atom is -0.138 e. The van der Waals surface area contributed by atoms with Gasteiger partial charge in [0.25, 0.3) is 14.8 Å². The first-order valence-corrected chi connectivity index (χ1v) is 18.6. The number of hydrogen-bond acceptors (Lipinski definition) is 0. The lowest BCUT2D eigenvalue weighted by molar-refractivity contribution is 1.74. The third-order valence-corrected chi connectivity index (χ3v) is 15.9. The Morgan fingerprint density at radius 3 is 1.08 bits per heavy atom. The summed E-state index contributed by atoms with van der Waals surface area (Å²) in [7, 11) is -5.97. The average Bonchev–Trinajstić information content (AvgIpc) is 3.00. The van der Waals surface area contributed by atoms with Crippen LogP contribution in [0.2, 0.25) is 0 Å². The molecule has 0 saturated carbocycles. The largest absolute Gasteiger partial charge is 0.292 e. The molecule has 0 spiro atoms. The van der Waals surface area contributed by atoms with Gasteiger partial charge in [0.1, 0.15) is 0 Å². The number of rotatable bonds is 4. The van der Waals surface area contributed by atoms with E-state index in [2.05, 4.69) is 120 Å². The Morgan fingerprint density at radius 2 is 0.684 bits per heavy atom. The first-order valence-electron chi connectivity index (χ1n) is 12.6. The molecule has 0 radical (unpaired) electrons. The molecule has 6 rings (SSSR count). The normalized spacial score (nSPS) is 14.3. The molecule has 0 amide bonds. The highest BCUT2D eigenvalue weighted by atomic mass is 35.6. The van der Waals surface area contributed by atoms with Gasteiger partial charge in [0.15, 0.2) is 0 Å². The van der Waals surface area contributed by atoms with Crippen molar-refractivity contribution >= 4 is 79.2 Å². The Balaban J connectivity index is 1.57. The molecule has 0 aliphatic rings. The lowest BCUT2D eigenvalue weighted by Crippen LogP contribution is -2.56. The van der Waals surface area contributed by atoms with E-state index in [1.54, 1.807) is 0 Å². The molecule has 2 atom stereocenters. The van der Waals surface area contributed by atoms with Crippen molar-refractivity contribution in [1.82, 2.24) is 0 Å². The third-order valence-electron chi connectivity index (χ3n) is 7.04. The van der Waals surface area contributed by atoms with Crippen LogP contribution in [0.3, 0.4) is 0 Å². The van der Waals surface area contributed by atoms with Crippen molar-refractivity contribution in [1.29, 1.82) is 0 Å². The van der Waals surface area contributed by atoms with Crippen LogP contribution >= 0.6 is 22.2 Å². The Hall–Kier alpha value is -3.59. The summed E-state index contributed by atoms with van der Waals surface area (Å²) in [6, 6.07) is 50.3. The summed E-state index contributed by atoms with van der Waals surface area (Å²) in [4.78, 5) is 0. The van der Waals surface area contributed by atoms with E-state index in [1.807, 2.05) is 36.4 Å². The fraction of sp³-hybridized carbons (Fsp3) is 0. The maximum absolute atomic E-state index is 7.70. The summed E-state index contributed by atoms with van der Waals surface area (Å²) in [5.41, 5.74) is 7.33. The van der Waals surface area contributed by atoms with Gasteiger partial charge >= 0.3 is 0 Å². The lowest BCUT2D eigenvalue weighted by Gasteiger charge is -2.23. The fourth-order valence-corrected chi connectivity index (χ4v) is 12.5. The predicted molar refractivity (Wildman–Crippen MR) is 170 cm³/mol. The molecule has 0 aromatic heterocycles. The zero-order valence-corrected chi connectivity index (χ0v) is 24.1. The van der Waals surface area contributed by atoms with Crippen molar-refractivity contribution in [3.8, 4) is 11.1 Å². The molecule has 0 heterocycles. The van der Waals surface area contributed by atoms with Gasteiger partial charge < -0.3 is 0 Å². The van der Waals surface area contributed by atoms with Gasteiger partial charge in [0.05, 0.1) is 0 Å². The van der Waals surface area contributed by atoms with Gasteiger partial charge in [-0.1, -0.05) is 146 Å². The second-order valence-electron chi connectivity index (χ2n) is 9.42. The molecule has 0 bridgehead atoms. The van der Waals surface area contributed by atoms with Gasteiger partial charge in [-0.25, -0.2) is 0 Å². The molecule has 2 unspecified atom stereocenters. The van der Waals surface area contributed by atoms with Gasteiger partial charge in [0.2, 0.25) is 0 Å². The highest BCUT2D eigenvalue weighted by Gasteiger charge is 2.38. The lowest BCUT2D eigenvalue weighted by atomic mass is 10.1. The van der Waals surface area contributed by atoms with E-state index in [9.17, 15) is 0 Å². The Morgan fingerprint density at radius 1 is 0.342 bits per heavy atom. The maximum atomic E-state index is 7.70. The third kappa shape index (κ3) is 4.60. The van der Waals surface area contributed by atoms with Crippen LogP contribution in [0.5, 0.6) is 0 Å². The minimum absolute atomic E-state index is 1.06. The molecule has 6 aromatic carbocycles. The zero-order chi connectivity index (χ0) is 26.0. The van der Waals surface area contributed by atoms with Crippen LogP contribution in [0, 0.1) is 11.1 Å². The molecule has 0 N–H and O–H groups in total. The average molecular weight is 560 g/mol. The van der Waals surface area contributed by atoms with Crippen LogP contribution in [0.4, 0.5) is 0 Å². The van der Waals surface area contributed by atoms with E-state index in [1.165, 1.54) is 10.8 Å². The molecular formula is C34H24Cl2Si2. The molecular weight excluding hydrogens is 535 g/mol. The number of hydrogen-bond donors (Lipinski definition) is 0. The van der Waals surface area contributed by atoms with Crippen molar-refractivity contribution in [3.63, 3.8) is 0 Å². The first-order chi connectivity index (χ1) is 18.6. The van der Waals surface area contributed by atoms with Crippen LogP contribution in [0.1, 0.15) is 0 Å². The highest BCUT2D eigenvalue weighted by Crippen LogP contribution is 2.19.